The van der Waals surface area contributed by atoms with E-state index < -0.39 is 0 Å². The number of nitrogens with zero attached hydrogens (tertiary/aromatic N) is 2. The van der Waals surface area contributed by atoms with Gasteiger partial charge in [0, 0.05) is 32.1 Å². The minimum absolute atomic E-state index is 0.229. The third-order valence-corrected chi connectivity index (χ3v) is 3.04. The lowest BCUT2D eigenvalue weighted by Crippen LogP contribution is -2.30. The first-order valence-electron chi connectivity index (χ1n) is 6.40. The molecule has 1 aromatic heterocycles. The van der Waals surface area contributed by atoms with Crippen LogP contribution in [0.1, 0.15) is 39.4 Å². The first-order chi connectivity index (χ1) is 8.09. The van der Waals surface area contributed by atoms with Crippen LogP contribution in [-0.4, -0.2) is 27.8 Å². The van der Waals surface area contributed by atoms with Crippen LogP contribution < -0.4 is 5.32 Å². The summed E-state index contributed by atoms with van der Waals surface area (Å²) in [6.07, 6.45) is 5.77. The van der Waals surface area contributed by atoms with E-state index in [2.05, 4.69) is 35.6 Å². The molecule has 0 saturated carbocycles. The summed E-state index contributed by atoms with van der Waals surface area (Å²) >= 11 is 0. The Kier molecular flexibility index (Phi) is 5.65. The van der Waals surface area contributed by atoms with Gasteiger partial charge >= 0.3 is 0 Å². The molecule has 2 N–H and O–H groups in total. The molecule has 0 fully saturated rings. The van der Waals surface area contributed by atoms with Crippen LogP contribution in [0.5, 0.6) is 0 Å². The van der Waals surface area contributed by atoms with Crippen LogP contribution >= 0.6 is 0 Å². The van der Waals surface area contributed by atoms with Crippen LogP contribution in [0.25, 0.3) is 0 Å². The van der Waals surface area contributed by atoms with Crippen LogP contribution in [0.15, 0.2) is 12.4 Å². The molecule has 0 radical (unpaired) electrons. The number of aromatic nitrogens is 2. The van der Waals surface area contributed by atoms with Crippen molar-refractivity contribution in [2.75, 3.05) is 13.2 Å². The van der Waals surface area contributed by atoms with E-state index in [0.717, 1.165) is 38.3 Å². The predicted molar refractivity (Wildman–Crippen MR) is 69.7 cm³/mol. The molecule has 0 saturated heterocycles. The molecular formula is C13H25N3O. The Labute approximate surface area is 104 Å². The van der Waals surface area contributed by atoms with Gasteiger partial charge in [0.1, 0.15) is 5.82 Å². The van der Waals surface area contributed by atoms with Crippen molar-refractivity contribution in [2.45, 2.75) is 46.7 Å². The summed E-state index contributed by atoms with van der Waals surface area (Å²) in [6, 6.07) is 0. The second-order valence-electron chi connectivity index (χ2n) is 5.22. The Morgan fingerprint density at radius 3 is 2.88 bits per heavy atom. The van der Waals surface area contributed by atoms with Crippen molar-refractivity contribution < 1.29 is 5.11 Å². The number of aliphatic hydroxyl groups excluding tert-OH is 1. The number of hydrogen-bond acceptors (Lipinski definition) is 3. The van der Waals surface area contributed by atoms with Crippen LogP contribution in [0.4, 0.5) is 0 Å². The van der Waals surface area contributed by atoms with E-state index in [1.165, 1.54) is 0 Å². The van der Waals surface area contributed by atoms with Gasteiger partial charge in [-0.1, -0.05) is 13.8 Å². The number of hydrogen-bond donors (Lipinski definition) is 2. The minimum Gasteiger partial charge on any atom is -0.396 e. The van der Waals surface area contributed by atoms with Gasteiger partial charge in [-0.2, -0.15) is 0 Å². The van der Waals surface area contributed by atoms with Gasteiger partial charge in [-0.15, -0.1) is 0 Å². The number of imidazole rings is 1. The zero-order chi connectivity index (χ0) is 12.7. The zero-order valence-electron chi connectivity index (χ0n) is 11.2. The lowest BCUT2D eigenvalue weighted by molar-refractivity contribution is 0.236. The van der Waals surface area contributed by atoms with E-state index in [9.17, 15) is 0 Å². The van der Waals surface area contributed by atoms with Crippen LogP contribution in [0, 0.1) is 5.41 Å². The van der Waals surface area contributed by atoms with Crippen molar-refractivity contribution in [3.05, 3.63) is 18.2 Å². The highest BCUT2D eigenvalue weighted by Gasteiger charge is 2.16. The highest BCUT2D eigenvalue weighted by atomic mass is 16.2. The van der Waals surface area contributed by atoms with Crippen molar-refractivity contribution in [1.29, 1.82) is 0 Å². The smallest absolute Gasteiger partial charge is 0.122 e. The van der Waals surface area contributed by atoms with E-state index in [1.807, 2.05) is 12.4 Å². The predicted octanol–water partition coefficient (Wildman–Crippen LogP) is 1.79. The average molecular weight is 239 g/mol. The van der Waals surface area contributed by atoms with Crippen molar-refractivity contribution in [3.63, 3.8) is 0 Å². The topological polar surface area (TPSA) is 50.1 Å². The molecule has 4 nitrogen and oxygen atoms in total. The fourth-order valence-electron chi connectivity index (χ4n) is 1.95. The molecule has 0 unspecified atom stereocenters. The SMILES string of the molecule is CCn1ccnc1CNCC(C)(C)CCCO. The molecule has 0 atom stereocenters. The average Bonchev–Trinajstić information content (AvgIpc) is 2.74. The van der Waals surface area contributed by atoms with E-state index in [0.29, 0.717) is 0 Å². The summed E-state index contributed by atoms with van der Waals surface area (Å²) in [6.45, 7) is 9.57. The van der Waals surface area contributed by atoms with Gasteiger partial charge in [-0.25, -0.2) is 4.98 Å². The quantitative estimate of drug-likeness (QED) is 0.727. The fraction of sp³-hybridized carbons (Fsp3) is 0.769. The number of aliphatic hydroxyl groups is 1. The molecule has 17 heavy (non-hydrogen) atoms. The molecule has 1 rings (SSSR count). The number of aryl methyl sites for hydroxylation is 1. The van der Waals surface area contributed by atoms with E-state index in [4.69, 9.17) is 5.11 Å². The second-order valence-corrected chi connectivity index (χ2v) is 5.22. The molecule has 0 amide bonds. The summed E-state index contributed by atoms with van der Waals surface area (Å²) in [5.41, 5.74) is 0.229. The molecule has 4 heteroatoms. The zero-order valence-corrected chi connectivity index (χ0v) is 11.2. The monoisotopic (exact) mass is 239 g/mol. The molecule has 0 aromatic carbocycles. The van der Waals surface area contributed by atoms with Gasteiger partial charge in [0.2, 0.25) is 0 Å². The Bertz CT molecular complexity index is 320. The third-order valence-electron chi connectivity index (χ3n) is 3.04. The second kappa shape index (κ2) is 6.77. The van der Waals surface area contributed by atoms with Gasteiger partial charge in [-0.3, -0.25) is 0 Å². The molecule has 1 heterocycles. The molecule has 0 spiro atoms. The molecule has 98 valence electrons. The van der Waals surface area contributed by atoms with Gasteiger partial charge in [0.05, 0.1) is 6.54 Å². The van der Waals surface area contributed by atoms with Crippen molar-refractivity contribution in [3.8, 4) is 0 Å². The molecular weight excluding hydrogens is 214 g/mol. The first kappa shape index (κ1) is 14.2. The largest absolute Gasteiger partial charge is 0.396 e. The summed E-state index contributed by atoms with van der Waals surface area (Å²) in [4.78, 5) is 4.33. The summed E-state index contributed by atoms with van der Waals surface area (Å²) in [5, 5.41) is 12.3. The van der Waals surface area contributed by atoms with Crippen molar-refractivity contribution in [2.24, 2.45) is 5.41 Å². The maximum absolute atomic E-state index is 8.84. The number of rotatable bonds is 8. The Morgan fingerprint density at radius 1 is 1.47 bits per heavy atom. The van der Waals surface area contributed by atoms with Gasteiger partial charge in [-0.05, 0) is 25.2 Å². The van der Waals surface area contributed by atoms with Crippen LogP contribution in [0.3, 0.4) is 0 Å². The summed E-state index contributed by atoms with van der Waals surface area (Å²) in [7, 11) is 0. The molecule has 0 aliphatic rings. The highest BCUT2D eigenvalue weighted by Crippen LogP contribution is 2.20. The summed E-state index contributed by atoms with van der Waals surface area (Å²) in [5.74, 6) is 1.09. The molecule has 1 aromatic rings. The Morgan fingerprint density at radius 2 is 2.24 bits per heavy atom. The lowest BCUT2D eigenvalue weighted by Gasteiger charge is -2.24. The van der Waals surface area contributed by atoms with E-state index in [-0.39, 0.29) is 12.0 Å². The van der Waals surface area contributed by atoms with E-state index in [1.54, 1.807) is 0 Å². The molecule has 0 bridgehead atoms. The van der Waals surface area contributed by atoms with Crippen molar-refractivity contribution in [1.82, 2.24) is 14.9 Å². The first-order valence-corrected chi connectivity index (χ1v) is 6.40. The summed E-state index contributed by atoms with van der Waals surface area (Å²) < 4.78 is 2.15. The Hall–Kier alpha value is -0.870. The van der Waals surface area contributed by atoms with Crippen LogP contribution in [-0.2, 0) is 13.1 Å². The van der Waals surface area contributed by atoms with Gasteiger partial charge < -0.3 is 15.0 Å². The lowest BCUT2D eigenvalue weighted by atomic mass is 9.88. The fourth-order valence-corrected chi connectivity index (χ4v) is 1.95. The standard InChI is InChI=1S/C13H25N3O/c1-4-16-8-7-15-12(16)10-14-11-13(2,3)6-5-9-17/h7-8,14,17H,4-6,9-11H2,1-3H3. The van der Waals surface area contributed by atoms with Crippen molar-refractivity contribution >= 4 is 0 Å². The maximum atomic E-state index is 8.84. The highest BCUT2D eigenvalue weighted by molar-refractivity contribution is 4.91. The third kappa shape index (κ3) is 4.88. The molecule has 0 aliphatic carbocycles. The molecule has 0 aliphatic heterocycles. The number of nitrogens with one attached hydrogen (secondary N) is 1. The normalized spacial score (nSPS) is 12.0. The maximum Gasteiger partial charge on any atom is 0.122 e. The van der Waals surface area contributed by atoms with Gasteiger partial charge in [0.15, 0.2) is 0 Å². The van der Waals surface area contributed by atoms with E-state index >= 15 is 0 Å². The minimum atomic E-state index is 0.229. The van der Waals surface area contributed by atoms with Gasteiger partial charge in [0.25, 0.3) is 0 Å². The van der Waals surface area contributed by atoms with Crippen LogP contribution in [0.2, 0.25) is 0 Å². The Balaban J connectivity index is 2.32.